The standard InChI is InChI=1S/C19H39O3/c1-4-5-6-7-11-17-22-19(20)14-9-8-10-15-21-16-12-13-18(2)3/h18-19H,4-17H2,1-3H3. The van der Waals surface area contributed by atoms with Crippen molar-refractivity contribution in [3.63, 3.8) is 0 Å². The van der Waals surface area contributed by atoms with E-state index in [1.807, 2.05) is 0 Å². The van der Waals surface area contributed by atoms with Crippen LogP contribution in [0.2, 0.25) is 0 Å². The molecule has 3 heteroatoms. The molecule has 0 aromatic heterocycles. The molecule has 0 amide bonds. The molecule has 22 heavy (non-hydrogen) atoms. The molecule has 0 saturated heterocycles. The van der Waals surface area contributed by atoms with Crippen LogP contribution in [0.3, 0.4) is 0 Å². The first-order valence-electron chi connectivity index (χ1n) is 9.52. The highest BCUT2D eigenvalue weighted by atomic mass is 16.6. The van der Waals surface area contributed by atoms with Crippen molar-refractivity contribution in [1.82, 2.24) is 0 Å². The Balaban J connectivity index is 3.13. The Morgan fingerprint density at radius 3 is 2.09 bits per heavy atom. The maximum Gasteiger partial charge on any atom is 0.191 e. The molecule has 0 aliphatic rings. The number of ether oxygens (including phenoxy) is 2. The van der Waals surface area contributed by atoms with Crippen LogP contribution in [0, 0.1) is 5.92 Å². The van der Waals surface area contributed by atoms with Gasteiger partial charge in [-0.05, 0) is 38.0 Å². The van der Waals surface area contributed by atoms with E-state index in [1.165, 1.54) is 32.1 Å². The lowest BCUT2D eigenvalue weighted by Crippen LogP contribution is -2.11. The molecule has 1 radical (unpaired) electrons. The first-order valence-corrected chi connectivity index (χ1v) is 9.52. The van der Waals surface area contributed by atoms with E-state index >= 15 is 0 Å². The molecule has 0 aliphatic carbocycles. The zero-order valence-electron chi connectivity index (χ0n) is 15.3. The number of hydrogen-bond donors (Lipinski definition) is 0. The van der Waals surface area contributed by atoms with Crippen molar-refractivity contribution in [1.29, 1.82) is 0 Å². The van der Waals surface area contributed by atoms with E-state index in [4.69, 9.17) is 9.47 Å². The minimum absolute atomic E-state index is 0.636. The van der Waals surface area contributed by atoms with Crippen LogP contribution in [-0.2, 0) is 14.6 Å². The van der Waals surface area contributed by atoms with Crippen molar-refractivity contribution in [3.8, 4) is 0 Å². The summed E-state index contributed by atoms with van der Waals surface area (Å²) in [4.78, 5) is 0. The summed E-state index contributed by atoms with van der Waals surface area (Å²) in [6.07, 6.45) is 11.3. The van der Waals surface area contributed by atoms with E-state index in [2.05, 4.69) is 20.8 Å². The molecular formula is C19H39O3. The van der Waals surface area contributed by atoms with Crippen molar-refractivity contribution in [2.45, 2.75) is 97.7 Å². The average molecular weight is 316 g/mol. The highest BCUT2D eigenvalue weighted by molar-refractivity contribution is 4.48. The average Bonchev–Trinajstić information content (AvgIpc) is 2.48. The molecule has 0 heterocycles. The van der Waals surface area contributed by atoms with Crippen LogP contribution in [0.25, 0.3) is 0 Å². The van der Waals surface area contributed by atoms with Crippen LogP contribution in [0.15, 0.2) is 0 Å². The number of hydrogen-bond acceptors (Lipinski definition) is 2. The highest BCUT2D eigenvalue weighted by Gasteiger charge is 2.05. The molecule has 1 unspecified atom stereocenters. The summed E-state index contributed by atoms with van der Waals surface area (Å²) >= 11 is 0. The summed E-state index contributed by atoms with van der Waals surface area (Å²) in [5.74, 6) is 0.768. The molecular weight excluding hydrogens is 276 g/mol. The fourth-order valence-electron chi connectivity index (χ4n) is 2.39. The van der Waals surface area contributed by atoms with E-state index in [-0.39, 0.29) is 0 Å². The van der Waals surface area contributed by atoms with E-state index in [1.54, 1.807) is 0 Å². The zero-order valence-corrected chi connectivity index (χ0v) is 15.3. The van der Waals surface area contributed by atoms with Crippen LogP contribution < -0.4 is 0 Å². The second-order valence-electron chi connectivity index (χ2n) is 6.71. The van der Waals surface area contributed by atoms with Gasteiger partial charge in [-0.2, -0.15) is 0 Å². The van der Waals surface area contributed by atoms with Crippen molar-refractivity contribution >= 4 is 0 Å². The molecule has 0 N–H and O–H groups in total. The Bertz CT molecular complexity index is 207. The zero-order chi connectivity index (χ0) is 16.5. The van der Waals surface area contributed by atoms with Gasteiger partial charge in [-0.3, -0.25) is 0 Å². The Morgan fingerprint density at radius 1 is 0.727 bits per heavy atom. The Hall–Kier alpha value is -0.120. The molecule has 0 aliphatic heterocycles. The Kier molecular flexibility index (Phi) is 17.1. The van der Waals surface area contributed by atoms with Gasteiger partial charge >= 0.3 is 0 Å². The van der Waals surface area contributed by atoms with Gasteiger partial charge in [0, 0.05) is 26.2 Å². The summed E-state index contributed by atoms with van der Waals surface area (Å²) in [6.45, 7) is 9.04. The van der Waals surface area contributed by atoms with Crippen LogP contribution in [0.1, 0.15) is 91.4 Å². The first-order chi connectivity index (χ1) is 10.7. The molecule has 133 valence electrons. The normalized spacial score (nSPS) is 13.0. The summed E-state index contributed by atoms with van der Waals surface area (Å²) in [7, 11) is 0. The largest absolute Gasteiger partial charge is 0.381 e. The number of unbranched alkanes of at least 4 members (excludes halogenated alkanes) is 6. The predicted molar refractivity (Wildman–Crippen MR) is 92.5 cm³/mol. The van der Waals surface area contributed by atoms with Crippen molar-refractivity contribution in [3.05, 3.63) is 0 Å². The fraction of sp³-hybridized carbons (Fsp3) is 1.00. The van der Waals surface area contributed by atoms with Crippen LogP contribution in [0.5, 0.6) is 0 Å². The van der Waals surface area contributed by atoms with Gasteiger partial charge < -0.3 is 9.47 Å². The molecule has 0 aromatic rings. The predicted octanol–water partition coefficient (Wildman–Crippen LogP) is 5.74. The third-order valence-corrected chi connectivity index (χ3v) is 3.85. The van der Waals surface area contributed by atoms with Gasteiger partial charge in [0.15, 0.2) is 6.29 Å². The van der Waals surface area contributed by atoms with Gasteiger partial charge in [-0.1, -0.05) is 52.9 Å². The van der Waals surface area contributed by atoms with Gasteiger partial charge in [-0.25, -0.2) is 5.11 Å². The quantitative estimate of drug-likeness (QED) is 0.253. The van der Waals surface area contributed by atoms with E-state index < -0.39 is 6.29 Å². The maximum atomic E-state index is 11.6. The van der Waals surface area contributed by atoms with Crippen molar-refractivity contribution in [2.24, 2.45) is 5.92 Å². The molecule has 0 bridgehead atoms. The van der Waals surface area contributed by atoms with Gasteiger partial charge in [0.2, 0.25) is 0 Å². The summed E-state index contributed by atoms with van der Waals surface area (Å²) in [5, 5.41) is 11.6. The summed E-state index contributed by atoms with van der Waals surface area (Å²) < 4.78 is 10.9. The molecule has 0 rings (SSSR count). The Morgan fingerprint density at radius 2 is 1.36 bits per heavy atom. The van der Waals surface area contributed by atoms with Crippen LogP contribution in [-0.4, -0.2) is 26.1 Å². The molecule has 0 spiro atoms. The third kappa shape index (κ3) is 17.9. The number of rotatable bonds is 17. The second-order valence-corrected chi connectivity index (χ2v) is 6.71. The molecule has 1 atom stereocenters. The van der Waals surface area contributed by atoms with E-state index in [0.29, 0.717) is 13.0 Å². The van der Waals surface area contributed by atoms with Crippen molar-refractivity contribution in [2.75, 3.05) is 19.8 Å². The van der Waals surface area contributed by atoms with Crippen LogP contribution in [0.4, 0.5) is 0 Å². The molecule has 0 fully saturated rings. The monoisotopic (exact) mass is 315 g/mol. The van der Waals surface area contributed by atoms with Crippen LogP contribution >= 0.6 is 0 Å². The lowest BCUT2D eigenvalue weighted by Gasteiger charge is -2.10. The SMILES string of the molecule is CCCCCCCOC([O])CCCCCOCCCC(C)C. The minimum atomic E-state index is -0.821. The summed E-state index contributed by atoms with van der Waals surface area (Å²) in [6, 6.07) is 0. The van der Waals surface area contributed by atoms with Crippen molar-refractivity contribution < 1.29 is 14.6 Å². The highest BCUT2D eigenvalue weighted by Crippen LogP contribution is 2.08. The molecule has 3 nitrogen and oxygen atoms in total. The van der Waals surface area contributed by atoms with Gasteiger partial charge in [0.1, 0.15) is 0 Å². The first kappa shape index (κ1) is 21.9. The Labute approximate surface area is 138 Å². The second kappa shape index (κ2) is 17.2. The van der Waals surface area contributed by atoms with E-state index in [9.17, 15) is 5.11 Å². The lowest BCUT2D eigenvalue weighted by atomic mass is 10.1. The topological polar surface area (TPSA) is 38.4 Å². The maximum absolute atomic E-state index is 11.6. The lowest BCUT2D eigenvalue weighted by molar-refractivity contribution is -0.144. The molecule has 0 aromatic carbocycles. The minimum Gasteiger partial charge on any atom is -0.381 e. The third-order valence-electron chi connectivity index (χ3n) is 3.85. The fourth-order valence-corrected chi connectivity index (χ4v) is 2.39. The molecule has 0 saturated carbocycles. The van der Waals surface area contributed by atoms with Gasteiger partial charge in [0.25, 0.3) is 0 Å². The van der Waals surface area contributed by atoms with Gasteiger partial charge in [0.05, 0.1) is 0 Å². The summed E-state index contributed by atoms with van der Waals surface area (Å²) in [5.41, 5.74) is 0. The smallest absolute Gasteiger partial charge is 0.191 e. The van der Waals surface area contributed by atoms with Gasteiger partial charge in [-0.15, -0.1) is 0 Å². The van der Waals surface area contributed by atoms with E-state index in [0.717, 1.165) is 51.2 Å².